The molecule has 61 heavy (non-hydrogen) atoms. The molecule has 6 atom stereocenters. The molecular weight excluding hydrogens is 801 g/mol. The fraction of sp³-hybridized carbons (Fsp3) is 0.708. The number of hydrogen-bond donors (Lipinski definition) is 4. The number of aliphatic hydroxyl groups is 3. The van der Waals surface area contributed by atoms with Gasteiger partial charge in [0.05, 0.1) is 6.61 Å². The van der Waals surface area contributed by atoms with Crippen molar-refractivity contribution in [2.75, 3.05) is 19.0 Å². The zero-order valence-corrected chi connectivity index (χ0v) is 38.1. The Labute approximate surface area is 368 Å². The maximum Gasteiger partial charge on any atom is 0.306 e. The van der Waals surface area contributed by atoms with E-state index < -0.39 is 71.2 Å². The van der Waals surface area contributed by atoms with Crippen molar-refractivity contribution in [1.82, 2.24) is 0 Å². The molecule has 0 amide bonds. The van der Waals surface area contributed by atoms with Gasteiger partial charge in [0.25, 0.3) is 10.1 Å². The zero-order chi connectivity index (χ0) is 44.8. The molecule has 12 nitrogen and oxygen atoms in total. The Balaban J connectivity index is 2.45. The number of esters is 2. The van der Waals surface area contributed by atoms with Gasteiger partial charge in [-0.25, -0.2) is 0 Å². The largest absolute Gasteiger partial charge is 0.462 e. The van der Waals surface area contributed by atoms with Gasteiger partial charge < -0.3 is 34.3 Å². The Hall–Kier alpha value is -2.91. The highest BCUT2D eigenvalue weighted by Crippen LogP contribution is 2.24. The molecular formula is C48H80O12S. The molecule has 0 aromatic rings. The average molecular weight is 881 g/mol. The number of carbonyl (C=O) groups excluding carboxylic acids is 2. The van der Waals surface area contributed by atoms with Gasteiger partial charge in [0, 0.05) is 12.8 Å². The summed E-state index contributed by atoms with van der Waals surface area (Å²) < 4.78 is 53.9. The highest BCUT2D eigenvalue weighted by Gasteiger charge is 2.46. The minimum absolute atomic E-state index is 0.0640. The number of rotatable bonds is 37. The van der Waals surface area contributed by atoms with E-state index in [0.29, 0.717) is 19.3 Å². The van der Waals surface area contributed by atoms with E-state index in [0.717, 1.165) is 38.5 Å². The number of carbonyl (C=O) groups is 2. The van der Waals surface area contributed by atoms with E-state index >= 15 is 0 Å². The third-order valence-electron chi connectivity index (χ3n) is 10.1. The van der Waals surface area contributed by atoms with Gasteiger partial charge in [-0.1, -0.05) is 170 Å². The van der Waals surface area contributed by atoms with Crippen molar-refractivity contribution in [3.05, 3.63) is 72.9 Å². The zero-order valence-electron chi connectivity index (χ0n) is 37.2. The van der Waals surface area contributed by atoms with Crippen LogP contribution in [0.4, 0.5) is 0 Å². The molecule has 1 aliphatic rings. The Morgan fingerprint density at radius 1 is 0.574 bits per heavy atom. The second kappa shape index (κ2) is 37.6. The molecule has 0 aromatic heterocycles. The summed E-state index contributed by atoms with van der Waals surface area (Å²) in [5, 5.41) is 30.9. The second-order valence-electron chi connectivity index (χ2n) is 15.8. The van der Waals surface area contributed by atoms with Gasteiger partial charge in [0.2, 0.25) is 0 Å². The van der Waals surface area contributed by atoms with Gasteiger partial charge in [-0.15, -0.1) is 0 Å². The highest BCUT2D eigenvalue weighted by atomic mass is 32.2. The Bertz CT molecular complexity index is 1400. The molecule has 13 heteroatoms. The summed E-state index contributed by atoms with van der Waals surface area (Å²) in [6.07, 6.45) is 38.2. The first kappa shape index (κ1) is 56.1. The standard InChI is InChI=1S/C48H80O12S/c1-3-5-7-9-11-13-15-17-18-19-20-21-22-23-25-26-28-30-32-34-36-43(49)57-38-41(39-58-48-47(53)46(52)45(51)42(60-48)40-61(54,55)56)59-44(50)37-35-33-31-29-27-24-16-14-12-10-8-6-4-2/h6,8,10,12,14,16,20-21,24,27,29,31,41-42,45-48,51-53H,3-5,7,9,11,13,15,17-19,22-23,25-26,28,30,32-40H2,1-2H3,(H,54,55,56)/b8-6+,12-10+,16-14+,21-20+,27-24+,31-29+/t41?,42-,45-,46?,47?,48+/m1/s1. The first-order valence-electron chi connectivity index (χ1n) is 23.1. The lowest BCUT2D eigenvalue weighted by atomic mass is 10.00. The molecule has 0 aliphatic carbocycles. The average Bonchev–Trinajstić information content (AvgIpc) is 3.22. The quantitative estimate of drug-likeness (QED) is 0.0153. The van der Waals surface area contributed by atoms with Crippen LogP contribution in [-0.2, 0) is 38.7 Å². The van der Waals surface area contributed by atoms with Crippen LogP contribution in [0.5, 0.6) is 0 Å². The van der Waals surface area contributed by atoms with Gasteiger partial charge in [0.1, 0.15) is 36.8 Å². The van der Waals surface area contributed by atoms with Gasteiger partial charge >= 0.3 is 11.9 Å². The second-order valence-corrected chi connectivity index (χ2v) is 17.3. The van der Waals surface area contributed by atoms with Crippen LogP contribution in [0.1, 0.15) is 162 Å². The van der Waals surface area contributed by atoms with E-state index in [-0.39, 0.29) is 19.4 Å². The monoisotopic (exact) mass is 881 g/mol. The molecule has 1 heterocycles. The lowest BCUT2D eigenvalue weighted by molar-refractivity contribution is -0.297. The minimum atomic E-state index is -4.62. The fourth-order valence-electron chi connectivity index (χ4n) is 6.58. The maximum atomic E-state index is 12.8. The summed E-state index contributed by atoms with van der Waals surface area (Å²) in [6.45, 7) is 3.54. The fourth-order valence-corrected chi connectivity index (χ4v) is 7.27. The third kappa shape index (κ3) is 32.4. The van der Waals surface area contributed by atoms with Crippen LogP contribution < -0.4 is 0 Å². The molecule has 0 radical (unpaired) electrons. The van der Waals surface area contributed by atoms with E-state index in [1.54, 1.807) is 0 Å². The Morgan fingerprint density at radius 3 is 1.62 bits per heavy atom. The van der Waals surface area contributed by atoms with Gasteiger partial charge in [-0.3, -0.25) is 14.1 Å². The highest BCUT2D eigenvalue weighted by molar-refractivity contribution is 7.85. The molecule has 3 unspecified atom stereocenters. The summed E-state index contributed by atoms with van der Waals surface area (Å²) in [4.78, 5) is 25.4. The van der Waals surface area contributed by atoms with Crippen LogP contribution in [0.15, 0.2) is 72.9 Å². The lowest BCUT2D eigenvalue weighted by Gasteiger charge is -2.40. The molecule has 1 fully saturated rings. The van der Waals surface area contributed by atoms with E-state index in [2.05, 4.69) is 32.1 Å². The summed E-state index contributed by atoms with van der Waals surface area (Å²) >= 11 is 0. The predicted molar refractivity (Wildman–Crippen MR) is 242 cm³/mol. The number of aliphatic hydroxyl groups excluding tert-OH is 3. The summed E-state index contributed by atoms with van der Waals surface area (Å²) in [7, 11) is -4.62. The first-order valence-corrected chi connectivity index (χ1v) is 24.7. The van der Waals surface area contributed by atoms with Crippen molar-refractivity contribution in [2.24, 2.45) is 0 Å². The summed E-state index contributed by atoms with van der Waals surface area (Å²) in [5.74, 6) is -2.09. The summed E-state index contributed by atoms with van der Waals surface area (Å²) in [5.41, 5.74) is 0. The van der Waals surface area contributed by atoms with Gasteiger partial charge in [-0.05, 0) is 51.4 Å². The molecule has 1 rings (SSSR count). The van der Waals surface area contributed by atoms with E-state index in [1.807, 2.05) is 54.7 Å². The van der Waals surface area contributed by atoms with Crippen LogP contribution in [0.2, 0.25) is 0 Å². The van der Waals surface area contributed by atoms with E-state index in [9.17, 15) is 37.9 Å². The molecule has 350 valence electrons. The number of ether oxygens (including phenoxy) is 4. The Kier molecular flexibility index (Phi) is 34.6. The topological polar surface area (TPSA) is 186 Å². The lowest BCUT2D eigenvalue weighted by Crippen LogP contribution is -2.60. The van der Waals surface area contributed by atoms with Crippen LogP contribution in [-0.4, -0.2) is 96.0 Å². The molecule has 0 spiro atoms. The molecule has 1 saturated heterocycles. The molecule has 4 N–H and O–H groups in total. The Morgan fingerprint density at radius 2 is 1.07 bits per heavy atom. The van der Waals surface area contributed by atoms with Crippen molar-refractivity contribution in [3.63, 3.8) is 0 Å². The van der Waals surface area contributed by atoms with Crippen LogP contribution >= 0.6 is 0 Å². The van der Waals surface area contributed by atoms with Crippen molar-refractivity contribution in [2.45, 2.75) is 198 Å². The smallest absolute Gasteiger partial charge is 0.306 e. The molecule has 0 saturated carbocycles. The minimum Gasteiger partial charge on any atom is -0.462 e. The number of unbranched alkanes of at least 4 members (excludes halogenated alkanes) is 17. The van der Waals surface area contributed by atoms with Gasteiger partial charge in [0.15, 0.2) is 12.4 Å². The van der Waals surface area contributed by atoms with E-state index in [1.165, 1.54) is 77.0 Å². The van der Waals surface area contributed by atoms with Crippen molar-refractivity contribution < 1.29 is 56.8 Å². The molecule has 0 bridgehead atoms. The normalized spacial score (nSPS) is 20.7. The SMILES string of the molecule is CC/C=C/C=C/C=C/C=C/C=C/CCCC(=O)OC(COC(=O)CCCCCCCCC/C=C/CCCCCCCCCCC)CO[C@H]1O[C@H](CS(=O)(=O)O)[C@@H](O)C(O)C1O. The number of allylic oxidation sites excluding steroid dienone is 12. The van der Waals surface area contributed by atoms with Crippen LogP contribution in [0, 0.1) is 0 Å². The molecule has 0 aromatic carbocycles. The van der Waals surface area contributed by atoms with Crippen molar-refractivity contribution in [3.8, 4) is 0 Å². The van der Waals surface area contributed by atoms with Crippen molar-refractivity contribution in [1.29, 1.82) is 0 Å². The van der Waals surface area contributed by atoms with E-state index in [4.69, 9.17) is 18.9 Å². The number of hydrogen-bond acceptors (Lipinski definition) is 11. The third-order valence-corrected chi connectivity index (χ3v) is 10.9. The predicted octanol–water partition coefficient (Wildman–Crippen LogP) is 9.50. The van der Waals surface area contributed by atoms with Crippen molar-refractivity contribution >= 4 is 22.1 Å². The maximum absolute atomic E-state index is 12.8. The van der Waals surface area contributed by atoms with Crippen LogP contribution in [0.3, 0.4) is 0 Å². The first-order chi connectivity index (χ1) is 29.5. The molecule has 1 aliphatic heterocycles. The van der Waals surface area contributed by atoms with Gasteiger partial charge in [-0.2, -0.15) is 8.42 Å². The summed E-state index contributed by atoms with van der Waals surface area (Å²) in [6, 6.07) is 0. The van der Waals surface area contributed by atoms with Crippen LogP contribution in [0.25, 0.3) is 0 Å².